The SMILES string of the molecule is P[PH](c1ccccc1)(c1ccccc1)c1ccc(-c2ccc(-c3nc(-c4ccccc4)c4c(n3)C3(c5ccccc5-c5ccccc53)c3ccccc3-4)cc2)cc1. The van der Waals surface area contributed by atoms with Crippen LogP contribution in [0.2, 0.25) is 0 Å². The monoisotopic (exact) mass is 764 g/mol. The van der Waals surface area contributed by atoms with Crippen LogP contribution in [0.15, 0.2) is 212 Å². The number of fused-ring (bicyclic) bond motifs is 10. The van der Waals surface area contributed by atoms with E-state index >= 15 is 0 Å². The molecule has 57 heavy (non-hydrogen) atoms. The zero-order chi connectivity index (χ0) is 38.0. The molecule has 4 heteroatoms. The number of benzene rings is 8. The Kier molecular flexibility index (Phi) is 8.01. The van der Waals surface area contributed by atoms with E-state index in [1.165, 1.54) is 54.9 Å². The molecule has 11 rings (SSSR count). The Labute approximate surface area is 336 Å². The second-order valence-corrected chi connectivity index (χ2v) is 21.0. The van der Waals surface area contributed by atoms with Crippen molar-refractivity contribution in [1.82, 2.24) is 9.97 Å². The van der Waals surface area contributed by atoms with Crippen molar-refractivity contribution in [1.29, 1.82) is 0 Å². The van der Waals surface area contributed by atoms with Gasteiger partial charge in [-0.3, -0.25) is 0 Å². The second kappa shape index (κ2) is 13.4. The fourth-order valence-electron chi connectivity index (χ4n) is 9.50. The molecule has 0 aliphatic heterocycles. The van der Waals surface area contributed by atoms with Gasteiger partial charge in [0.15, 0.2) is 0 Å². The Hall–Kier alpha value is -6.30. The van der Waals surface area contributed by atoms with Gasteiger partial charge in [0, 0.05) is 0 Å². The summed E-state index contributed by atoms with van der Waals surface area (Å²) in [5.74, 6) is 0.730. The number of nitrogens with zero attached hydrogens (tertiary/aromatic N) is 2. The molecule has 8 aromatic carbocycles. The van der Waals surface area contributed by atoms with Crippen LogP contribution in [-0.4, -0.2) is 9.97 Å². The Morgan fingerprint density at radius 1 is 0.351 bits per heavy atom. The molecule has 0 N–H and O–H groups in total. The average molecular weight is 765 g/mol. The zero-order valence-electron chi connectivity index (χ0n) is 31.2. The molecule has 2 nitrogen and oxygen atoms in total. The van der Waals surface area contributed by atoms with Crippen molar-refractivity contribution in [3.8, 4) is 56.0 Å². The van der Waals surface area contributed by atoms with Gasteiger partial charge in [-0.2, -0.15) is 0 Å². The van der Waals surface area contributed by atoms with Gasteiger partial charge in [0.2, 0.25) is 0 Å². The molecule has 2 aliphatic carbocycles. The molecule has 1 unspecified atom stereocenters. The summed E-state index contributed by atoms with van der Waals surface area (Å²) < 4.78 is 0. The summed E-state index contributed by atoms with van der Waals surface area (Å²) in [5.41, 5.74) is 14.5. The Balaban J connectivity index is 1.05. The second-order valence-electron chi connectivity index (χ2n) is 15.1. The van der Waals surface area contributed by atoms with Gasteiger partial charge >= 0.3 is 201 Å². The number of hydrogen-bond acceptors (Lipinski definition) is 2. The summed E-state index contributed by atoms with van der Waals surface area (Å²) >= 11 is 0. The van der Waals surface area contributed by atoms with Gasteiger partial charge in [0.1, 0.15) is 0 Å². The van der Waals surface area contributed by atoms with Gasteiger partial charge in [0.05, 0.1) is 0 Å². The van der Waals surface area contributed by atoms with Crippen molar-refractivity contribution in [2.45, 2.75) is 5.41 Å². The van der Waals surface area contributed by atoms with E-state index in [0.29, 0.717) is 0 Å². The standard InChI is InChI=1S/C53H38N2P2/c56-57(40-18-6-2-7-19-40,41-20-8-3-9-21-41)42-34-32-37(33-35-42)36-28-30-39(31-29-36)52-54-50(38-16-4-1-5-17-38)49-45-24-12-15-27-48(45)53(51(49)55-52)46-25-13-10-22-43(46)44-23-11-14-26-47(44)53/h1-35,57H,56H2. The molecule has 9 aromatic rings. The molecule has 0 saturated carbocycles. The van der Waals surface area contributed by atoms with Crippen LogP contribution in [-0.2, 0) is 5.41 Å². The molecule has 1 spiro atoms. The molecule has 0 fully saturated rings. The molecule has 0 bridgehead atoms. The molecule has 1 aromatic heterocycles. The van der Waals surface area contributed by atoms with E-state index in [1.807, 2.05) is 0 Å². The molecule has 270 valence electrons. The van der Waals surface area contributed by atoms with Crippen LogP contribution in [0.25, 0.3) is 56.0 Å². The van der Waals surface area contributed by atoms with Gasteiger partial charge in [0.25, 0.3) is 0 Å². The third kappa shape index (κ3) is 5.11. The van der Waals surface area contributed by atoms with Crippen molar-refractivity contribution in [3.05, 3.63) is 235 Å². The van der Waals surface area contributed by atoms with Crippen LogP contribution in [0, 0.1) is 0 Å². The Bertz CT molecular complexity index is 2860. The number of aromatic nitrogens is 2. The quantitative estimate of drug-likeness (QED) is 0.158. The van der Waals surface area contributed by atoms with Crippen LogP contribution in [0.1, 0.15) is 22.4 Å². The van der Waals surface area contributed by atoms with Crippen molar-refractivity contribution >= 4 is 31.8 Å². The van der Waals surface area contributed by atoms with Crippen molar-refractivity contribution in [2.75, 3.05) is 0 Å². The van der Waals surface area contributed by atoms with Crippen molar-refractivity contribution in [3.63, 3.8) is 0 Å². The fourth-order valence-corrected chi connectivity index (χ4v) is 14.4. The summed E-state index contributed by atoms with van der Waals surface area (Å²) in [4.78, 5) is 11.1. The predicted octanol–water partition coefficient (Wildman–Crippen LogP) is 11.6. The maximum atomic E-state index is 5.65. The molecular formula is C53H38N2P2. The van der Waals surface area contributed by atoms with E-state index in [-0.39, 0.29) is 0 Å². The normalized spacial score (nSPS) is 13.4. The van der Waals surface area contributed by atoms with Crippen molar-refractivity contribution in [2.24, 2.45) is 0 Å². The summed E-state index contributed by atoms with van der Waals surface area (Å²) in [7, 11) is 3.30. The van der Waals surface area contributed by atoms with Gasteiger partial charge in [-0.15, -0.1) is 0 Å². The van der Waals surface area contributed by atoms with Gasteiger partial charge in [-0.25, -0.2) is 0 Å². The molecule has 0 saturated heterocycles. The van der Waals surface area contributed by atoms with Gasteiger partial charge in [-0.1, -0.05) is 103 Å². The molecule has 0 amide bonds. The number of rotatable bonds is 6. The maximum absolute atomic E-state index is 5.65. The minimum absolute atomic E-state index is 0.558. The third-order valence-corrected chi connectivity index (χ3v) is 18.9. The van der Waals surface area contributed by atoms with E-state index in [2.05, 4.69) is 221 Å². The summed E-state index contributed by atoms with van der Waals surface area (Å²) in [5, 5.41) is 4.10. The minimum atomic E-state index is -2.28. The first kappa shape index (κ1) is 34.0. The topological polar surface area (TPSA) is 25.8 Å². The van der Waals surface area contributed by atoms with Crippen LogP contribution in [0.4, 0.5) is 0 Å². The van der Waals surface area contributed by atoms with E-state index in [4.69, 9.17) is 9.97 Å². The number of hydrogen-bond donors (Lipinski definition) is 0. The zero-order valence-corrected chi connectivity index (χ0v) is 33.3. The van der Waals surface area contributed by atoms with E-state index in [0.717, 1.165) is 39.5 Å². The van der Waals surface area contributed by atoms with Crippen LogP contribution < -0.4 is 15.9 Å². The summed E-state index contributed by atoms with van der Waals surface area (Å²) in [6.07, 6.45) is 0. The summed E-state index contributed by atoms with van der Waals surface area (Å²) in [6, 6.07) is 77.2. The Morgan fingerprint density at radius 2 is 0.754 bits per heavy atom. The van der Waals surface area contributed by atoms with E-state index in [9.17, 15) is 0 Å². The molecule has 0 radical (unpaired) electrons. The molecule has 1 atom stereocenters. The first-order valence-corrected chi connectivity index (χ1v) is 23.3. The average Bonchev–Trinajstić information content (AvgIpc) is 3.77. The Morgan fingerprint density at radius 3 is 1.30 bits per heavy atom. The third-order valence-electron chi connectivity index (χ3n) is 12.1. The molecule has 1 heterocycles. The molecular weight excluding hydrogens is 727 g/mol. The van der Waals surface area contributed by atoms with Gasteiger partial charge in [-0.05, 0) is 33.4 Å². The van der Waals surface area contributed by atoms with Gasteiger partial charge < -0.3 is 0 Å². The van der Waals surface area contributed by atoms with E-state index in [1.54, 1.807) is 0 Å². The van der Waals surface area contributed by atoms with Crippen LogP contribution in [0.5, 0.6) is 0 Å². The summed E-state index contributed by atoms with van der Waals surface area (Å²) in [6.45, 7) is -2.28. The van der Waals surface area contributed by atoms with E-state index < -0.39 is 12.4 Å². The predicted molar refractivity (Wildman–Crippen MR) is 244 cm³/mol. The van der Waals surface area contributed by atoms with Crippen LogP contribution >= 0.6 is 15.9 Å². The first-order valence-electron chi connectivity index (χ1n) is 19.5. The first-order chi connectivity index (χ1) is 28.2. The molecule has 2 aliphatic rings. The van der Waals surface area contributed by atoms with Crippen LogP contribution in [0.3, 0.4) is 0 Å². The fraction of sp³-hybridized carbons (Fsp3) is 0.0189. The van der Waals surface area contributed by atoms with Crippen molar-refractivity contribution < 1.29 is 0 Å².